The average molecular weight is 197 g/mol. The topological polar surface area (TPSA) is 38.7 Å². The fourth-order valence-electron chi connectivity index (χ4n) is 0.741. The fourth-order valence-corrected chi connectivity index (χ4v) is 0.741. The molecule has 0 aromatic heterocycles. The SMILES string of the molecule is CC/C(C)=C\O/N=C(\C)C(=O)C(C)C. The zero-order valence-corrected chi connectivity index (χ0v) is 9.63. The normalized spacial score (nSPS) is 13.3. The van der Waals surface area contributed by atoms with Crippen molar-refractivity contribution in [2.75, 3.05) is 0 Å². The molecule has 0 N–H and O–H groups in total. The van der Waals surface area contributed by atoms with Gasteiger partial charge in [-0.1, -0.05) is 25.9 Å². The van der Waals surface area contributed by atoms with E-state index in [9.17, 15) is 4.79 Å². The molecule has 3 nitrogen and oxygen atoms in total. The highest BCUT2D eigenvalue weighted by Crippen LogP contribution is 2.00. The van der Waals surface area contributed by atoms with Gasteiger partial charge in [0.1, 0.15) is 12.0 Å². The van der Waals surface area contributed by atoms with Crippen LogP contribution in [0.3, 0.4) is 0 Å². The molecule has 0 rings (SSSR count). The quantitative estimate of drug-likeness (QED) is 0.386. The van der Waals surface area contributed by atoms with Gasteiger partial charge in [-0.25, -0.2) is 0 Å². The molecule has 0 fully saturated rings. The van der Waals surface area contributed by atoms with Crippen molar-refractivity contribution in [2.24, 2.45) is 11.1 Å². The first kappa shape index (κ1) is 12.9. The molecule has 0 aliphatic heterocycles. The Balaban J connectivity index is 4.20. The molecule has 0 aromatic carbocycles. The summed E-state index contributed by atoms with van der Waals surface area (Å²) in [7, 11) is 0. The van der Waals surface area contributed by atoms with E-state index in [1.807, 2.05) is 27.7 Å². The predicted molar refractivity (Wildman–Crippen MR) is 58.1 cm³/mol. The number of hydrogen-bond donors (Lipinski definition) is 0. The molecule has 0 aromatic rings. The number of Topliss-reactive ketones (excluding diaryl/α,β-unsaturated/α-hetero) is 1. The largest absolute Gasteiger partial charge is 0.365 e. The Kier molecular flexibility index (Phi) is 5.84. The summed E-state index contributed by atoms with van der Waals surface area (Å²) in [4.78, 5) is 16.3. The van der Waals surface area contributed by atoms with Crippen molar-refractivity contribution in [1.29, 1.82) is 0 Å². The van der Waals surface area contributed by atoms with Crippen LogP contribution in [0.2, 0.25) is 0 Å². The zero-order valence-electron chi connectivity index (χ0n) is 9.63. The third-order valence-electron chi connectivity index (χ3n) is 1.88. The second kappa shape index (κ2) is 6.35. The van der Waals surface area contributed by atoms with E-state index in [2.05, 4.69) is 5.16 Å². The van der Waals surface area contributed by atoms with Crippen LogP contribution in [-0.4, -0.2) is 11.5 Å². The van der Waals surface area contributed by atoms with Crippen LogP contribution in [0.1, 0.15) is 41.0 Å². The lowest BCUT2D eigenvalue weighted by Crippen LogP contribution is -2.16. The van der Waals surface area contributed by atoms with Crippen LogP contribution in [0, 0.1) is 5.92 Å². The lowest BCUT2D eigenvalue weighted by Gasteiger charge is -2.01. The van der Waals surface area contributed by atoms with E-state index in [1.165, 1.54) is 0 Å². The van der Waals surface area contributed by atoms with Gasteiger partial charge in [-0.15, -0.1) is 0 Å². The van der Waals surface area contributed by atoms with E-state index in [1.54, 1.807) is 13.2 Å². The Labute approximate surface area is 85.8 Å². The van der Waals surface area contributed by atoms with Crippen LogP contribution in [0.4, 0.5) is 0 Å². The first-order chi connectivity index (χ1) is 6.49. The Morgan fingerprint density at radius 1 is 1.43 bits per heavy atom. The Hall–Kier alpha value is -1.12. The summed E-state index contributed by atoms with van der Waals surface area (Å²) in [6.45, 7) is 9.33. The summed E-state index contributed by atoms with van der Waals surface area (Å²) < 4.78 is 0. The highest BCUT2D eigenvalue weighted by atomic mass is 16.6. The summed E-state index contributed by atoms with van der Waals surface area (Å²) >= 11 is 0. The van der Waals surface area contributed by atoms with E-state index in [0.29, 0.717) is 5.71 Å². The molecule has 0 heterocycles. The van der Waals surface area contributed by atoms with Crippen LogP contribution >= 0.6 is 0 Å². The molecule has 0 unspecified atom stereocenters. The maximum atomic E-state index is 11.4. The van der Waals surface area contributed by atoms with Gasteiger partial charge >= 0.3 is 0 Å². The van der Waals surface area contributed by atoms with Crippen LogP contribution < -0.4 is 0 Å². The molecule has 0 radical (unpaired) electrons. The molecule has 0 saturated carbocycles. The molecular formula is C11H19NO2. The summed E-state index contributed by atoms with van der Waals surface area (Å²) in [6, 6.07) is 0. The standard InChI is InChI=1S/C11H19NO2/c1-6-9(4)7-14-12-10(5)11(13)8(2)3/h7-8H,6H2,1-5H3/b9-7-,12-10+. The highest BCUT2D eigenvalue weighted by Gasteiger charge is 2.10. The van der Waals surface area contributed by atoms with Crippen molar-refractivity contribution in [1.82, 2.24) is 0 Å². The Morgan fingerprint density at radius 2 is 2.00 bits per heavy atom. The highest BCUT2D eigenvalue weighted by molar-refractivity contribution is 6.39. The molecule has 14 heavy (non-hydrogen) atoms. The van der Waals surface area contributed by atoms with Crippen molar-refractivity contribution < 1.29 is 9.63 Å². The van der Waals surface area contributed by atoms with Gasteiger partial charge in [-0.2, -0.15) is 0 Å². The molecule has 0 aliphatic carbocycles. The number of ketones is 1. The molecule has 80 valence electrons. The third kappa shape index (κ3) is 4.80. The monoisotopic (exact) mass is 197 g/mol. The predicted octanol–water partition coefficient (Wildman–Crippen LogP) is 2.92. The van der Waals surface area contributed by atoms with Gasteiger partial charge in [0.25, 0.3) is 0 Å². The van der Waals surface area contributed by atoms with Gasteiger partial charge in [-0.05, 0) is 25.8 Å². The summed E-state index contributed by atoms with van der Waals surface area (Å²) in [5, 5.41) is 3.72. The third-order valence-corrected chi connectivity index (χ3v) is 1.88. The molecule has 0 atom stereocenters. The minimum absolute atomic E-state index is 0.0209. The maximum Gasteiger partial charge on any atom is 0.182 e. The van der Waals surface area contributed by atoms with Crippen molar-refractivity contribution in [2.45, 2.75) is 41.0 Å². The van der Waals surface area contributed by atoms with Crippen molar-refractivity contribution >= 4 is 11.5 Å². The number of hydrogen-bond acceptors (Lipinski definition) is 3. The number of oxime groups is 1. The molecule has 0 bridgehead atoms. The van der Waals surface area contributed by atoms with Gasteiger partial charge < -0.3 is 4.84 Å². The van der Waals surface area contributed by atoms with E-state index in [0.717, 1.165) is 12.0 Å². The van der Waals surface area contributed by atoms with E-state index >= 15 is 0 Å². The van der Waals surface area contributed by atoms with Crippen molar-refractivity contribution in [3.63, 3.8) is 0 Å². The van der Waals surface area contributed by atoms with E-state index in [4.69, 9.17) is 4.84 Å². The molecule has 0 spiro atoms. The Morgan fingerprint density at radius 3 is 2.43 bits per heavy atom. The average Bonchev–Trinajstić information content (AvgIpc) is 2.15. The van der Waals surface area contributed by atoms with Gasteiger partial charge in [0.2, 0.25) is 0 Å². The second-order valence-electron chi connectivity index (χ2n) is 3.62. The molecule has 3 heteroatoms. The second-order valence-corrected chi connectivity index (χ2v) is 3.62. The van der Waals surface area contributed by atoms with Crippen LogP contribution in [-0.2, 0) is 9.63 Å². The summed E-state index contributed by atoms with van der Waals surface area (Å²) in [5.74, 6) is -0.00819. The zero-order chi connectivity index (χ0) is 11.1. The fraction of sp³-hybridized carbons (Fsp3) is 0.636. The molecule has 0 aliphatic rings. The van der Waals surface area contributed by atoms with Gasteiger partial charge in [0.15, 0.2) is 5.78 Å². The maximum absolute atomic E-state index is 11.4. The first-order valence-corrected chi connectivity index (χ1v) is 4.89. The van der Waals surface area contributed by atoms with Crippen LogP contribution in [0.25, 0.3) is 0 Å². The van der Waals surface area contributed by atoms with Crippen LogP contribution in [0.15, 0.2) is 17.0 Å². The van der Waals surface area contributed by atoms with Gasteiger partial charge in [-0.3, -0.25) is 4.79 Å². The first-order valence-electron chi connectivity index (χ1n) is 4.89. The van der Waals surface area contributed by atoms with Crippen molar-refractivity contribution in [3.8, 4) is 0 Å². The lowest BCUT2D eigenvalue weighted by molar-refractivity contribution is -0.115. The number of rotatable bonds is 5. The molecule has 0 saturated heterocycles. The molecule has 0 amide bonds. The number of carbonyl (C=O) groups excluding carboxylic acids is 1. The number of allylic oxidation sites excluding steroid dienone is 1. The van der Waals surface area contributed by atoms with E-state index in [-0.39, 0.29) is 11.7 Å². The number of carbonyl (C=O) groups is 1. The van der Waals surface area contributed by atoms with E-state index < -0.39 is 0 Å². The van der Waals surface area contributed by atoms with Gasteiger partial charge in [0, 0.05) is 5.92 Å². The van der Waals surface area contributed by atoms with Gasteiger partial charge in [0.05, 0.1) is 0 Å². The Bertz CT molecular complexity index is 252. The van der Waals surface area contributed by atoms with Crippen LogP contribution in [0.5, 0.6) is 0 Å². The van der Waals surface area contributed by atoms with Crippen molar-refractivity contribution in [3.05, 3.63) is 11.8 Å². The minimum Gasteiger partial charge on any atom is -0.365 e. The lowest BCUT2D eigenvalue weighted by atomic mass is 10.1. The smallest absolute Gasteiger partial charge is 0.182 e. The number of nitrogens with zero attached hydrogens (tertiary/aromatic N) is 1. The summed E-state index contributed by atoms with van der Waals surface area (Å²) in [6.07, 6.45) is 2.49. The molecular weight excluding hydrogens is 178 g/mol. The minimum atomic E-state index is -0.0291. The summed E-state index contributed by atoms with van der Waals surface area (Å²) in [5.41, 5.74) is 1.51.